The third-order valence-electron chi connectivity index (χ3n) is 2.15. The highest BCUT2D eigenvalue weighted by atomic mass is 32.8. The van der Waals surface area contributed by atoms with Crippen molar-refractivity contribution < 1.29 is 8.42 Å². The maximum Gasteiger partial charge on any atom is 0.175 e. The van der Waals surface area contributed by atoms with Crippen molar-refractivity contribution in [2.75, 3.05) is 6.26 Å². The molecule has 2 nitrogen and oxygen atoms in total. The van der Waals surface area contributed by atoms with Crippen LogP contribution in [0.25, 0.3) is 0 Å². The Bertz CT molecular complexity index is 427. The fraction of sp³-hybridized carbons (Fsp3) is 0.455. The Morgan fingerprint density at radius 2 is 1.38 bits per heavy atom. The molecule has 0 aliphatic carbocycles. The molecule has 0 aliphatic heterocycles. The molecule has 16 heavy (non-hydrogen) atoms. The molecule has 0 spiro atoms. The molecule has 1 aromatic rings. The summed E-state index contributed by atoms with van der Waals surface area (Å²) in [6.45, 7) is 6.30. The lowest BCUT2D eigenvalue weighted by Crippen LogP contribution is -2.11. The summed E-state index contributed by atoms with van der Waals surface area (Å²) in [7, 11) is -3.07. The highest BCUT2D eigenvalue weighted by molar-refractivity contribution is 8.07. The fourth-order valence-corrected chi connectivity index (χ4v) is 1.83. The van der Waals surface area contributed by atoms with Crippen LogP contribution in [0.2, 0.25) is 0 Å². The maximum atomic E-state index is 11.2. The van der Waals surface area contributed by atoms with Crippen LogP contribution in [0.4, 0.5) is 0 Å². The zero-order chi connectivity index (χ0) is 13.0. The zero-order valence-electron chi connectivity index (χ0n) is 9.85. The SMILES string of the molecule is CC(C)(C)c1ccc(S(C)(=O)=O)cc1.S=S. The molecule has 0 radical (unpaired) electrons. The predicted octanol–water partition coefficient (Wildman–Crippen LogP) is 2.38. The Labute approximate surface area is 108 Å². The van der Waals surface area contributed by atoms with Crippen LogP contribution in [0.5, 0.6) is 0 Å². The molecule has 0 N–H and O–H groups in total. The Morgan fingerprint density at radius 1 is 1.00 bits per heavy atom. The van der Waals surface area contributed by atoms with Gasteiger partial charge in [0.25, 0.3) is 0 Å². The normalized spacial score (nSPS) is 11.5. The summed E-state index contributed by atoms with van der Waals surface area (Å²) in [6, 6.07) is 7.07. The third kappa shape index (κ3) is 4.63. The van der Waals surface area contributed by atoms with E-state index in [1.165, 1.54) is 6.26 Å². The van der Waals surface area contributed by atoms with Gasteiger partial charge in [0.05, 0.1) is 4.90 Å². The second-order valence-electron chi connectivity index (χ2n) is 4.55. The average Bonchev–Trinajstić information content (AvgIpc) is 2.18. The van der Waals surface area contributed by atoms with E-state index in [0.717, 1.165) is 5.56 Å². The van der Waals surface area contributed by atoms with Crippen LogP contribution in [-0.2, 0) is 37.6 Å². The van der Waals surface area contributed by atoms with Crippen molar-refractivity contribution in [3.05, 3.63) is 29.8 Å². The van der Waals surface area contributed by atoms with Crippen LogP contribution in [0.3, 0.4) is 0 Å². The highest BCUT2D eigenvalue weighted by Gasteiger charge is 2.14. The van der Waals surface area contributed by atoms with Gasteiger partial charge in [-0.25, -0.2) is 8.42 Å². The van der Waals surface area contributed by atoms with E-state index in [9.17, 15) is 8.42 Å². The van der Waals surface area contributed by atoms with E-state index in [0.29, 0.717) is 4.90 Å². The standard InChI is InChI=1S/C11H16O2S.S2/c1-11(2,3)9-5-7-10(8-6-9)14(4,12)13;1-2/h5-8H,1-4H3;. The molecular formula is C11H16O2S3. The van der Waals surface area contributed by atoms with Crippen molar-refractivity contribution >= 4 is 32.2 Å². The van der Waals surface area contributed by atoms with Crippen molar-refractivity contribution in [1.82, 2.24) is 0 Å². The van der Waals surface area contributed by atoms with E-state index in [4.69, 9.17) is 0 Å². The van der Waals surface area contributed by atoms with E-state index >= 15 is 0 Å². The summed E-state index contributed by atoms with van der Waals surface area (Å²) in [6.07, 6.45) is 1.22. The zero-order valence-corrected chi connectivity index (χ0v) is 12.3. The summed E-state index contributed by atoms with van der Waals surface area (Å²) in [4.78, 5) is 0.380. The number of sulfone groups is 1. The lowest BCUT2D eigenvalue weighted by molar-refractivity contribution is 0.587. The summed E-state index contributed by atoms with van der Waals surface area (Å²) < 4.78 is 22.4. The first-order chi connectivity index (χ1) is 7.21. The Hall–Kier alpha value is -0.390. The highest BCUT2D eigenvalue weighted by Crippen LogP contribution is 2.23. The maximum absolute atomic E-state index is 11.2. The minimum absolute atomic E-state index is 0.0655. The minimum Gasteiger partial charge on any atom is -0.224 e. The molecule has 0 aliphatic rings. The van der Waals surface area contributed by atoms with Gasteiger partial charge in [-0.3, -0.25) is 0 Å². The van der Waals surface area contributed by atoms with Crippen molar-refractivity contribution in [1.29, 1.82) is 0 Å². The molecular weight excluding hydrogens is 260 g/mol. The summed E-state index contributed by atoms with van der Waals surface area (Å²) in [5.41, 5.74) is 1.21. The van der Waals surface area contributed by atoms with Crippen molar-refractivity contribution in [3.63, 3.8) is 0 Å². The molecule has 5 heteroatoms. The molecule has 0 bridgehead atoms. The average molecular weight is 276 g/mol. The monoisotopic (exact) mass is 276 g/mol. The molecule has 0 amide bonds. The molecule has 0 fully saturated rings. The second-order valence-corrected chi connectivity index (χ2v) is 6.56. The lowest BCUT2D eigenvalue weighted by atomic mass is 9.87. The first-order valence-corrected chi connectivity index (χ1v) is 7.91. The van der Waals surface area contributed by atoms with Crippen LogP contribution in [-0.4, -0.2) is 14.7 Å². The number of hydrogen-bond acceptors (Lipinski definition) is 4. The van der Waals surface area contributed by atoms with Gasteiger partial charge in [0.1, 0.15) is 0 Å². The predicted molar refractivity (Wildman–Crippen MR) is 73.0 cm³/mol. The van der Waals surface area contributed by atoms with Gasteiger partial charge in [-0.2, -0.15) is 0 Å². The third-order valence-corrected chi connectivity index (χ3v) is 3.28. The van der Waals surface area contributed by atoms with Gasteiger partial charge >= 0.3 is 0 Å². The molecule has 0 heterocycles. The summed E-state index contributed by atoms with van der Waals surface area (Å²) in [5.74, 6) is 0. The van der Waals surface area contributed by atoms with E-state index in [2.05, 4.69) is 43.1 Å². The van der Waals surface area contributed by atoms with E-state index in [1.54, 1.807) is 12.1 Å². The molecule has 0 saturated heterocycles. The topological polar surface area (TPSA) is 34.1 Å². The largest absolute Gasteiger partial charge is 0.224 e. The van der Waals surface area contributed by atoms with Crippen LogP contribution < -0.4 is 0 Å². The van der Waals surface area contributed by atoms with Crippen LogP contribution >= 0.6 is 0 Å². The fourth-order valence-electron chi connectivity index (χ4n) is 1.20. The first-order valence-electron chi connectivity index (χ1n) is 4.68. The van der Waals surface area contributed by atoms with Crippen molar-refractivity contribution in [3.8, 4) is 0 Å². The van der Waals surface area contributed by atoms with Crippen LogP contribution in [0.1, 0.15) is 26.3 Å². The van der Waals surface area contributed by atoms with Crippen molar-refractivity contribution in [2.24, 2.45) is 0 Å². The first kappa shape index (κ1) is 15.6. The van der Waals surface area contributed by atoms with E-state index in [1.807, 2.05) is 12.1 Å². The van der Waals surface area contributed by atoms with Gasteiger partial charge in [0.2, 0.25) is 0 Å². The molecule has 1 rings (SSSR count). The Kier molecular flexibility index (Phi) is 5.65. The van der Waals surface area contributed by atoms with Crippen LogP contribution in [0.15, 0.2) is 29.2 Å². The summed E-state index contributed by atoms with van der Waals surface area (Å²) in [5, 5.41) is 0. The van der Waals surface area contributed by atoms with E-state index in [-0.39, 0.29) is 5.41 Å². The molecule has 0 atom stereocenters. The summed E-state index contributed by atoms with van der Waals surface area (Å²) >= 11 is 7.33. The second kappa shape index (κ2) is 5.80. The molecule has 0 saturated carbocycles. The molecule has 1 aromatic carbocycles. The number of rotatable bonds is 1. The van der Waals surface area contributed by atoms with Gasteiger partial charge in [0.15, 0.2) is 9.84 Å². The molecule has 90 valence electrons. The molecule has 0 unspecified atom stereocenters. The van der Waals surface area contributed by atoms with E-state index < -0.39 is 9.84 Å². The number of benzene rings is 1. The van der Waals surface area contributed by atoms with Crippen LogP contribution in [0, 0.1) is 0 Å². The molecule has 0 aromatic heterocycles. The Morgan fingerprint density at radius 3 is 1.62 bits per heavy atom. The van der Waals surface area contributed by atoms with Gasteiger partial charge in [-0.05, 0) is 23.1 Å². The Balaban J connectivity index is 0.00000106. The number of hydrogen-bond donors (Lipinski definition) is 0. The van der Waals surface area contributed by atoms with Gasteiger partial charge in [-0.15, -0.1) is 0 Å². The quantitative estimate of drug-likeness (QED) is 0.789. The van der Waals surface area contributed by atoms with Gasteiger partial charge < -0.3 is 0 Å². The van der Waals surface area contributed by atoms with Gasteiger partial charge in [0, 0.05) is 28.6 Å². The lowest BCUT2D eigenvalue weighted by Gasteiger charge is -2.18. The van der Waals surface area contributed by atoms with Gasteiger partial charge in [-0.1, -0.05) is 32.9 Å². The smallest absolute Gasteiger partial charge is 0.175 e. The van der Waals surface area contributed by atoms with Crippen molar-refractivity contribution in [2.45, 2.75) is 31.1 Å². The minimum atomic E-state index is -3.07.